The summed E-state index contributed by atoms with van der Waals surface area (Å²) in [6.45, 7) is 3.48. The van der Waals surface area contributed by atoms with Crippen LogP contribution in [0.3, 0.4) is 0 Å². The van der Waals surface area contributed by atoms with Crippen LogP contribution in [0.15, 0.2) is 24.3 Å². The Kier molecular flexibility index (Phi) is 6.86. The summed E-state index contributed by atoms with van der Waals surface area (Å²) < 4.78 is 5.36. The number of hydrogen-bond acceptors (Lipinski definition) is 3. The number of benzene rings is 1. The highest BCUT2D eigenvalue weighted by Gasteiger charge is 2.33. The molecule has 0 atom stereocenters. The summed E-state index contributed by atoms with van der Waals surface area (Å²) >= 11 is 0. The largest absolute Gasteiger partial charge is 0.396 e. The summed E-state index contributed by atoms with van der Waals surface area (Å²) in [4.78, 5) is 12.3. The third-order valence-corrected chi connectivity index (χ3v) is 4.45. The number of amides is 2. The topological polar surface area (TPSA) is 70.6 Å². The maximum absolute atomic E-state index is 12.3. The average Bonchev–Trinajstić information content (AvgIpc) is 2.55. The van der Waals surface area contributed by atoms with Crippen LogP contribution in [0, 0.1) is 0 Å². The lowest BCUT2D eigenvalue weighted by atomic mass is 9.87. The Morgan fingerprint density at radius 1 is 1.26 bits per heavy atom. The molecule has 2 rings (SSSR count). The Morgan fingerprint density at radius 3 is 2.57 bits per heavy atom. The Hall–Kier alpha value is -1.59. The van der Waals surface area contributed by atoms with Gasteiger partial charge in [0.25, 0.3) is 0 Å². The van der Waals surface area contributed by atoms with E-state index in [1.54, 1.807) is 0 Å². The van der Waals surface area contributed by atoms with E-state index >= 15 is 0 Å². The van der Waals surface area contributed by atoms with Gasteiger partial charge in [-0.05, 0) is 49.8 Å². The molecule has 0 spiro atoms. The number of urea groups is 1. The van der Waals surface area contributed by atoms with Crippen LogP contribution in [0.4, 0.5) is 10.5 Å². The van der Waals surface area contributed by atoms with Crippen LogP contribution in [0.1, 0.15) is 44.6 Å². The van der Waals surface area contributed by atoms with Crippen molar-refractivity contribution in [1.29, 1.82) is 0 Å². The van der Waals surface area contributed by atoms with Crippen molar-refractivity contribution < 1.29 is 14.6 Å². The Balaban J connectivity index is 1.90. The van der Waals surface area contributed by atoms with Gasteiger partial charge in [-0.2, -0.15) is 0 Å². The van der Waals surface area contributed by atoms with Gasteiger partial charge in [-0.1, -0.05) is 25.5 Å². The van der Waals surface area contributed by atoms with Gasteiger partial charge in [0.15, 0.2) is 0 Å². The molecule has 1 aromatic carbocycles. The number of hydrogen-bond donors (Lipinski definition) is 3. The van der Waals surface area contributed by atoms with Gasteiger partial charge >= 0.3 is 6.03 Å². The first-order valence-electron chi connectivity index (χ1n) is 8.54. The lowest BCUT2D eigenvalue weighted by molar-refractivity contribution is 0.0330. The normalized spacial score (nSPS) is 16.8. The molecule has 128 valence electrons. The Bertz CT molecular complexity index is 476. The van der Waals surface area contributed by atoms with E-state index in [4.69, 9.17) is 4.74 Å². The van der Waals surface area contributed by atoms with Crippen molar-refractivity contribution >= 4 is 11.7 Å². The van der Waals surface area contributed by atoms with E-state index in [0.717, 1.165) is 24.9 Å². The lowest BCUT2D eigenvalue weighted by Crippen LogP contribution is -2.53. The van der Waals surface area contributed by atoms with Crippen LogP contribution < -0.4 is 10.6 Å². The molecule has 0 bridgehead atoms. The number of anilines is 1. The predicted molar refractivity (Wildman–Crippen MR) is 91.7 cm³/mol. The van der Waals surface area contributed by atoms with Crippen molar-refractivity contribution in [2.24, 2.45) is 0 Å². The van der Waals surface area contributed by atoms with Gasteiger partial charge in [-0.25, -0.2) is 4.79 Å². The predicted octanol–water partition coefficient (Wildman–Crippen LogP) is 3.08. The van der Waals surface area contributed by atoms with Crippen LogP contribution in [-0.2, 0) is 11.2 Å². The zero-order valence-electron chi connectivity index (χ0n) is 13.9. The monoisotopic (exact) mass is 320 g/mol. The second kappa shape index (κ2) is 8.89. The van der Waals surface area contributed by atoms with Crippen LogP contribution in [0.2, 0.25) is 0 Å². The fourth-order valence-corrected chi connectivity index (χ4v) is 2.95. The van der Waals surface area contributed by atoms with Crippen molar-refractivity contribution in [1.82, 2.24) is 5.32 Å². The molecule has 0 aliphatic carbocycles. The summed E-state index contributed by atoms with van der Waals surface area (Å²) in [7, 11) is 0. The third-order valence-electron chi connectivity index (χ3n) is 4.45. The summed E-state index contributed by atoms with van der Waals surface area (Å²) in [5, 5.41) is 15.2. The first kappa shape index (κ1) is 17.8. The number of rotatable bonds is 7. The zero-order chi connectivity index (χ0) is 16.5. The highest BCUT2D eigenvalue weighted by atomic mass is 16.5. The lowest BCUT2D eigenvalue weighted by Gasteiger charge is -2.37. The molecule has 1 heterocycles. The number of nitrogens with one attached hydrogen (secondary N) is 2. The summed E-state index contributed by atoms with van der Waals surface area (Å²) in [6, 6.07) is 7.77. The first-order chi connectivity index (χ1) is 11.2. The molecule has 5 nitrogen and oxygen atoms in total. The van der Waals surface area contributed by atoms with Gasteiger partial charge in [-0.3, -0.25) is 0 Å². The van der Waals surface area contributed by atoms with Gasteiger partial charge in [-0.15, -0.1) is 0 Å². The molecule has 1 aliphatic rings. The van der Waals surface area contributed by atoms with Crippen molar-refractivity contribution in [3.05, 3.63) is 29.8 Å². The molecule has 0 unspecified atom stereocenters. The maximum Gasteiger partial charge on any atom is 0.319 e. The smallest absolute Gasteiger partial charge is 0.319 e. The molecular weight excluding hydrogens is 292 g/mol. The van der Waals surface area contributed by atoms with Gasteiger partial charge in [0.2, 0.25) is 0 Å². The fourth-order valence-electron chi connectivity index (χ4n) is 2.95. The average molecular weight is 320 g/mol. The van der Waals surface area contributed by atoms with Crippen molar-refractivity contribution in [3.63, 3.8) is 0 Å². The summed E-state index contributed by atoms with van der Waals surface area (Å²) in [5.74, 6) is 0. The van der Waals surface area contributed by atoms with Crippen molar-refractivity contribution in [3.8, 4) is 0 Å². The molecule has 23 heavy (non-hydrogen) atoms. The van der Waals surface area contributed by atoms with E-state index < -0.39 is 0 Å². The Morgan fingerprint density at radius 2 is 1.96 bits per heavy atom. The van der Waals surface area contributed by atoms with Gasteiger partial charge in [0.05, 0.1) is 0 Å². The van der Waals surface area contributed by atoms with Crippen LogP contribution >= 0.6 is 0 Å². The molecule has 5 heteroatoms. The Labute approximate surface area is 138 Å². The van der Waals surface area contributed by atoms with Crippen LogP contribution in [0.25, 0.3) is 0 Å². The molecule has 1 saturated heterocycles. The molecule has 3 N–H and O–H groups in total. The van der Waals surface area contributed by atoms with Crippen LogP contribution in [-0.4, -0.2) is 36.5 Å². The highest BCUT2D eigenvalue weighted by Crippen LogP contribution is 2.24. The van der Waals surface area contributed by atoms with Crippen LogP contribution in [0.5, 0.6) is 0 Å². The van der Waals surface area contributed by atoms with Crippen molar-refractivity contribution in [2.75, 3.05) is 25.1 Å². The highest BCUT2D eigenvalue weighted by molar-refractivity contribution is 5.89. The molecule has 1 aromatic rings. The second-order valence-corrected chi connectivity index (χ2v) is 6.25. The number of aryl methyl sites for hydroxylation is 1. The quantitative estimate of drug-likeness (QED) is 0.723. The number of ether oxygens (including phenoxy) is 1. The number of carbonyl (C=O) groups excluding carboxylic acids is 1. The second-order valence-electron chi connectivity index (χ2n) is 6.25. The van der Waals surface area contributed by atoms with E-state index in [9.17, 15) is 9.90 Å². The number of unbranched alkanes of at least 4 members (excludes halogenated alkanes) is 1. The number of aliphatic hydroxyl groups excluding tert-OH is 1. The third kappa shape index (κ3) is 5.52. The molecular formula is C18H28N2O3. The minimum atomic E-state index is -0.363. The van der Waals surface area contributed by atoms with E-state index in [1.807, 2.05) is 12.1 Å². The van der Waals surface area contributed by atoms with E-state index in [1.165, 1.54) is 18.4 Å². The van der Waals surface area contributed by atoms with Crippen molar-refractivity contribution in [2.45, 2.75) is 51.0 Å². The first-order valence-corrected chi connectivity index (χ1v) is 8.54. The molecule has 2 amide bonds. The zero-order valence-corrected chi connectivity index (χ0v) is 13.9. The minimum absolute atomic E-state index is 0.0619. The van der Waals surface area contributed by atoms with Gasteiger partial charge < -0.3 is 20.5 Å². The standard InChI is InChI=1S/C18H28N2O3/c1-2-3-4-15-5-7-16(8-6-15)19-17(22)20-18(9-12-21)10-13-23-14-11-18/h5-8,21H,2-4,9-14H2,1H3,(H2,19,20,22). The molecule has 1 aliphatic heterocycles. The number of aliphatic hydroxyl groups is 1. The molecule has 1 fully saturated rings. The fraction of sp³-hybridized carbons (Fsp3) is 0.611. The van der Waals surface area contributed by atoms with E-state index in [-0.39, 0.29) is 18.2 Å². The van der Waals surface area contributed by atoms with E-state index in [0.29, 0.717) is 19.6 Å². The molecule has 0 aromatic heterocycles. The van der Waals surface area contributed by atoms with Gasteiger partial charge in [0, 0.05) is 31.0 Å². The minimum Gasteiger partial charge on any atom is -0.396 e. The maximum atomic E-state index is 12.3. The SMILES string of the molecule is CCCCc1ccc(NC(=O)NC2(CCO)CCOCC2)cc1. The summed E-state index contributed by atoms with van der Waals surface area (Å²) in [5.41, 5.74) is 1.71. The van der Waals surface area contributed by atoms with Gasteiger partial charge in [0.1, 0.15) is 0 Å². The number of carbonyl (C=O) groups is 1. The summed E-state index contributed by atoms with van der Waals surface area (Å²) in [6.07, 6.45) is 5.45. The van der Waals surface area contributed by atoms with E-state index in [2.05, 4.69) is 29.7 Å². The molecule has 0 radical (unpaired) electrons. The molecule has 0 saturated carbocycles.